The van der Waals surface area contributed by atoms with Crippen LogP contribution in [0.15, 0.2) is 24.3 Å². The zero-order chi connectivity index (χ0) is 9.68. The molecule has 0 unspecified atom stereocenters. The van der Waals surface area contributed by atoms with Gasteiger partial charge in [0, 0.05) is 17.4 Å². The number of benzene rings is 1. The van der Waals surface area contributed by atoms with E-state index in [1.165, 1.54) is 0 Å². The van der Waals surface area contributed by atoms with Crippen LogP contribution in [0.3, 0.4) is 0 Å². The quantitative estimate of drug-likeness (QED) is 0.721. The second-order valence-corrected chi connectivity index (χ2v) is 3.05. The van der Waals surface area contributed by atoms with Crippen LogP contribution in [-0.2, 0) is 0 Å². The number of nitrogens with two attached hydrogens (primary N) is 1. The van der Waals surface area contributed by atoms with E-state index in [1.807, 2.05) is 31.2 Å². The van der Waals surface area contributed by atoms with E-state index >= 15 is 0 Å². The molecule has 0 amide bonds. The fourth-order valence-electron chi connectivity index (χ4n) is 1.09. The summed E-state index contributed by atoms with van der Waals surface area (Å²) in [5.41, 5.74) is 7.29. The standard InChI is InChI=1S/C10H16N2O.2ClH/c1-2-9(7-13)12-10-5-3-8(11)4-6-10;;/h3-6,9,12-13H,2,7,11H2,1H3;2*1H/t9-;;/m1../s1. The molecule has 3 nitrogen and oxygen atoms in total. The molecule has 88 valence electrons. The van der Waals surface area contributed by atoms with Crippen LogP contribution in [0.2, 0.25) is 0 Å². The Morgan fingerprint density at radius 3 is 2.20 bits per heavy atom. The first-order chi connectivity index (χ1) is 6.26. The van der Waals surface area contributed by atoms with E-state index < -0.39 is 0 Å². The van der Waals surface area contributed by atoms with Gasteiger partial charge in [0.15, 0.2) is 0 Å². The van der Waals surface area contributed by atoms with Crippen LogP contribution in [0.4, 0.5) is 11.4 Å². The zero-order valence-corrected chi connectivity index (χ0v) is 10.3. The molecule has 0 aliphatic carbocycles. The van der Waals surface area contributed by atoms with E-state index in [2.05, 4.69) is 5.32 Å². The first kappa shape index (κ1) is 16.8. The zero-order valence-electron chi connectivity index (χ0n) is 8.64. The smallest absolute Gasteiger partial charge is 0.0632 e. The molecule has 0 saturated carbocycles. The molecular formula is C10H18Cl2N2O. The Balaban J connectivity index is 0. The van der Waals surface area contributed by atoms with Crippen LogP contribution in [0.5, 0.6) is 0 Å². The van der Waals surface area contributed by atoms with Gasteiger partial charge in [0.05, 0.1) is 6.61 Å². The lowest BCUT2D eigenvalue weighted by Crippen LogP contribution is -2.22. The van der Waals surface area contributed by atoms with E-state index in [4.69, 9.17) is 10.8 Å². The highest BCUT2D eigenvalue weighted by Crippen LogP contribution is 2.12. The van der Waals surface area contributed by atoms with Gasteiger partial charge in [-0.3, -0.25) is 0 Å². The molecule has 1 atom stereocenters. The maximum atomic E-state index is 8.95. The number of nitrogens with one attached hydrogen (secondary N) is 1. The number of anilines is 2. The number of halogens is 2. The maximum absolute atomic E-state index is 8.95. The molecule has 0 spiro atoms. The van der Waals surface area contributed by atoms with E-state index in [-0.39, 0.29) is 37.5 Å². The molecule has 1 rings (SSSR count). The lowest BCUT2D eigenvalue weighted by Gasteiger charge is -2.15. The van der Waals surface area contributed by atoms with Crippen molar-refractivity contribution >= 4 is 36.2 Å². The van der Waals surface area contributed by atoms with Gasteiger partial charge in [-0.15, -0.1) is 24.8 Å². The van der Waals surface area contributed by atoms with Crippen molar-refractivity contribution in [2.45, 2.75) is 19.4 Å². The van der Waals surface area contributed by atoms with Crippen LogP contribution in [0.25, 0.3) is 0 Å². The van der Waals surface area contributed by atoms with Gasteiger partial charge in [0.1, 0.15) is 0 Å². The third-order valence-corrected chi connectivity index (χ3v) is 1.99. The van der Waals surface area contributed by atoms with Gasteiger partial charge in [0.25, 0.3) is 0 Å². The molecule has 0 aliphatic heterocycles. The SMILES string of the molecule is CC[C@H](CO)Nc1ccc(N)cc1.Cl.Cl. The van der Waals surface area contributed by atoms with Crippen molar-refractivity contribution in [1.29, 1.82) is 0 Å². The van der Waals surface area contributed by atoms with Gasteiger partial charge >= 0.3 is 0 Å². The van der Waals surface area contributed by atoms with Crippen LogP contribution < -0.4 is 11.1 Å². The molecule has 0 heterocycles. The fourth-order valence-corrected chi connectivity index (χ4v) is 1.09. The van der Waals surface area contributed by atoms with Crippen molar-refractivity contribution in [3.05, 3.63) is 24.3 Å². The van der Waals surface area contributed by atoms with Gasteiger partial charge in [-0.05, 0) is 30.7 Å². The number of nitrogen functional groups attached to an aromatic ring is 1. The number of aliphatic hydroxyl groups is 1. The topological polar surface area (TPSA) is 58.3 Å². The van der Waals surface area contributed by atoms with Crippen LogP contribution in [-0.4, -0.2) is 17.8 Å². The Morgan fingerprint density at radius 1 is 1.27 bits per heavy atom. The van der Waals surface area contributed by atoms with Crippen LogP contribution in [0.1, 0.15) is 13.3 Å². The van der Waals surface area contributed by atoms with Crippen molar-refractivity contribution in [2.75, 3.05) is 17.7 Å². The average Bonchev–Trinajstić information content (AvgIpc) is 2.17. The summed E-state index contributed by atoms with van der Waals surface area (Å²) in [6.45, 7) is 2.19. The van der Waals surface area contributed by atoms with Crippen molar-refractivity contribution in [1.82, 2.24) is 0 Å². The Morgan fingerprint density at radius 2 is 1.80 bits per heavy atom. The highest BCUT2D eigenvalue weighted by atomic mass is 35.5. The second-order valence-electron chi connectivity index (χ2n) is 3.05. The predicted molar refractivity (Wildman–Crippen MR) is 70.1 cm³/mol. The third kappa shape index (κ3) is 5.72. The Hall–Kier alpha value is -0.640. The lowest BCUT2D eigenvalue weighted by atomic mass is 10.2. The molecule has 0 radical (unpaired) electrons. The molecule has 15 heavy (non-hydrogen) atoms. The molecule has 4 N–H and O–H groups in total. The first-order valence-corrected chi connectivity index (χ1v) is 4.49. The van der Waals surface area contributed by atoms with Crippen molar-refractivity contribution < 1.29 is 5.11 Å². The monoisotopic (exact) mass is 252 g/mol. The molecule has 0 saturated heterocycles. The van der Waals surface area contributed by atoms with Crippen LogP contribution >= 0.6 is 24.8 Å². The van der Waals surface area contributed by atoms with Gasteiger partial charge in [-0.1, -0.05) is 6.92 Å². The van der Waals surface area contributed by atoms with Crippen LogP contribution in [0, 0.1) is 0 Å². The summed E-state index contributed by atoms with van der Waals surface area (Å²) >= 11 is 0. The van der Waals surface area contributed by atoms with E-state index in [0.29, 0.717) is 0 Å². The van der Waals surface area contributed by atoms with Crippen molar-refractivity contribution in [3.63, 3.8) is 0 Å². The summed E-state index contributed by atoms with van der Waals surface area (Å²) in [7, 11) is 0. The second kappa shape index (κ2) is 8.65. The summed E-state index contributed by atoms with van der Waals surface area (Å²) in [6, 6.07) is 7.63. The Bertz CT molecular complexity index is 250. The number of hydrogen-bond acceptors (Lipinski definition) is 3. The number of rotatable bonds is 4. The van der Waals surface area contributed by atoms with Gasteiger partial charge in [0.2, 0.25) is 0 Å². The summed E-state index contributed by atoms with van der Waals surface area (Å²) in [5.74, 6) is 0. The lowest BCUT2D eigenvalue weighted by molar-refractivity contribution is 0.272. The number of hydrogen-bond donors (Lipinski definition) is 3. The fraction of sp³-hybridized carbons (Fsp3) is 0.400. The van der Waals surface area contributed by atoms with Crippen molar-refractivity contribution in [2.24, 2.45) is 0 Å². The average molecular weight is 253 g/mol. The van der Waals surface area contributed by atoms with Gasteiger partial charge < -0.3 is 16.2 Å². The molecule has 1 aromatic rings. The summed E-state index contributed by atoms with van der Waals surface area (Å²) in [6.07, 6.45) is 0.904. The van der Waals surface area contributed by atoms with Gasteiger partial charge in [-0.2, -0.15) is 0 Å². The summed E-state index contributed by atoms with van der Waals surface area (Å²) in [4.78, 5) is 0. The Labute approximate surface area is 103 Å². The molecule has 0 fully saturated rings. The molecule has 0 aliphatic rings. The van der Waals surface area contributed by atoms with E-state index in [9.17, 15) is 0 Å². The first-order valence-electron chi connectivity index (χ1n) is 4.49. The molecule has 1 aromatic carbocycles. The van der Waals surface area contributed by atoms with E-state index in [0.717, 1.165) is 17.8 Å². The van der Waals surface area contributed by atoms with E-state index in [1.54, 1.807) is 0 Å². The highest BCUT2D eigenvalue weighted by Gasteiger charge is 2.02. The summed E-state index contributed by atoms with van der Waals surface area (Å²) in [5, 5.41) is 12.2. The maximum Gasteiger partial charge on any atom is 0.0632 e. The molecule has 0 bridgehead atoms. The normalized spacial score (nSPS) is 10.8. The summed E-state index contributed by atoms with van der Waals surface area (Å²) < 4.78 is 0. The predicted octanol–water partition coefficient (Wildman–Crippen LogP) is 2.30. The minimum absolute atomic E-state index is 0. The Kier molecular flexibility index (Phi) is 9.68. The van der Waals surface area contributed by atoms with Crippen molar-refractivity contribution in [3.8, 4) is 0 Å². The molecule has 5 heteroatoms. The minimum Gasteiger partial charge on any atom is -0.399 e. The molecular weight excluding hydrogens is 235 g/mol. The number of aliphatic hydroxyl groups excluding tert-OH is 1. The minimum atomic E-state index is 0. The molecule has 0 aromatic heterocycles. The highest BCUT2D eigenvalue weighted by molar-refractivity contribution is 5.85. The van der Waals surface area contributed by atoms with Gasteiger partial charge in [-0.25, -0.2) is 0 Å². The largest absolute Gasteiger partial charge is 0.399 e. The third-order valence-electron chi connectivity index (χ3n) is 1.99.